The fraction of sp³-hybridized carbons (Fsp3) is 0.556. The molecule has 0 amide bonds. The van der Waals surface area contributed by atoms with Crippen LogP contribution in [0.25, 0.3) is 0 Å². The molecule has 0 aromatic carbocycles. The molecule has 1 rings (SSSR count). The predicted octanol–water partition coefficient (Wildman–Crippen LogP) is 1.70. The van der Waals surface area contributed by atoms with Crippen LogP contribution in [0.15, 0.2) is 10.7 Å². The number of aromatic nitrogens is 2. The van der Waals surface area contributed by atoms with Crippen molar-refractivity contribution in [3.8, 4) is 5.88 Å². The van der Waals surface area contributed by atoms with E-state index in [0.717, 1.165) is 4.47 Å². The fourth-order valence-corrected chi connectivity index (χ4v) is 1.22. The van der Waals surface area contributed by atoms with Gasteiger partial charge in [0.2, 0.25) is 11.8 Å². The van der Waals surface area contributed by atoms with Gasteiger partial charge in [-0.05, 0) is 22.9 Å². The Balaban J connectivity index is 2.51. The van der Waals surface area contributed by atoms with Crippen molar-refractivity contribution in [2.24, 2.45) is 0 Å². The summed E-state index contributed by atoms with van der Waals surface area (Å²) in [7, 11) is 1.76. The minimum Gasteiger partial charge on any atom is -0.474 e. The molecule has 0 unspecified atom stereocenters. The molecule has 1 N–H and O–H groups in total. The molecule has 5 nitrogen and oxygen atoms in total. The first-order valence-electron chi connectivity index (χ1n) is 4.68. The van der Waals surface area contributed by atoms with E-state index in [1.165, 1.54) is 0 Å². The number of rotatable bonds is 6. The molecule has 0 aliphatic rings. The van der Waals surface area contributed by atoms with Crippen molar-refractivity contribution in [1.29, 1.82) is 0 Å². The number of anilines is 1. The van der Waals surface area contributed by atoms with Gasteiger partial charge in [-0.25, -0.2) is 4.98 Å². The van der Waals surface area contributed by atoms with E-state index >= 15 is 0 Å². The normalized spacial score (nSPS) is 10.1. The van der Waals surface area contributed by atoms with Crippen LogP contribution < -0.4 is 10.1 Å². The zero-order valence-electron chi connectivity index (χ0n) is 8.79. The molecule has 84 valence electrons. The van der Waals surface area contributed by atoms with Gasteiger partial charge in [-0.2, -0.15) is 4.98 Å². The van der Waals surface area contributed by atoms with E-state index in [4.69, 9.17) is 9.47 Å². The zero-order chi connectivity index (χ0) is 11.1. The quantitative estimate of drug-likeness (QED) is 0.801. The summed E-state index contributed by atoms with van der Waals surface area (Å²) in [6.07, 6.45) is 1.65. The molecular formula is C9H14BrN3O2. The third kappa shape index (κ3) is 4.01. The molecule has 15 heavy (non-hydrogen) atoms. The van der Waals surface area contributed by atoms with Crippen LogP contribution in [0.3, 0.4) is 0 Å². The Morgan fingerprint density at radius 2 is 2.27 bits per heavy atom. The van der Waals surface area contributed by atoms with Crippen molar-refractivity contribution < 1.29 is 9.47 Å². The van der Waals surface area contributed by atoms with Crippen LogP contribution in [0.5, 0.6) is 5.88 Å². The van der Waals surface area contributed by atoms with Gasteiger partial charge in [-0.3, -0.25) is 0 Å². The second-order valence-electron chi connectivity index (χ2n) is 2.64. The molecule has 0 bridgehead atoms. The van der Waals surface area contributed by atoms with Crippen LogP contribution in [-0.2, 0) is 4.74 Å². The Labute approximate surface area is 97.3 Å². The maximum Gasteiger partial charge on any atom is 0.232 e. The molecule has 0 aliphatic carbocycles. The number of nitrogens with one attached hydrogen (secondary N) is 1. The summed E-state index contributed by atoms with van der Waals surface area (Å²) in [5.74, 6) is 1.05. The average molecular weight is 276 g/mol. The highest BCUT2D eigenvalue weighted by molar-refractivity contribution is 9.10. The number of nitrogens with zero attached hydrogens (tertiary/aromatic N) is 2. The second-order valence-corrected chi connectivity index (χ2v) is 3.50. The summed E-state index contributed by atoms with van der Waals surface area (Å²) in [6.45, 7) is 3.67. The lowest BCUT2D eigenvalue weighted by atomic mass is 10.6. The summed E-state index contributed by atoms with van der Waals surface area (Å²) in [6, 6.07) is 0. The maximum atomic E-state index is 5.42. The first-order chi connectivity index (χ1) is 7.27. The topological polar surface area (TPSA) is 56.3 Å². The molecule has 0 atom stereocenters. The van der Waals surface area contributed by atoms with Gasteiger partial charge in [0, 0.05) is 13.7 Å². The third-order valence-corrected chi connectivity index (χ3v) is 2.15. The lowest BCUT2D eigenvalue weighted by Crippen LogP contribution is -2.08. The number of hydrogen-bond donors (Lipinski definition) is 1. The number of ether oxygens (including phenoxy) is 2. The lowest BCUT2D eigenvalue weighted by molar-refractivity contribution is 0.108. The molecule has 0 radical (unpaired) electrons. The van der Waals surface area contributed by atoms with E-state index in [1.807, 2.05) is 6.92 Å². The van der Waals surface area contributed by atoms with Gasteiger partial charge in [0.05, 0.1) is 17.3 Å². The van der Waals surface area contributed by atoms with Crippen molar-refractivity contribution in [3.63, 3.8) is 0 Å². The van der Waals surface area contributed by atoms with Crippen molar-refractivity contribution in [2.45, 2.75) is 6.92 Å². The van der Waals surface area contributed by atoms with E-state index in [-0.39, 0.29) is 0 Å². The minimum atomic E-state index is 0.479. The fourth-order valence-electron chi connectivity index (χ4n) is 0.915. The van der Waals surface area contributed by atoms with E-state index in [0.29, 0.717) is 31.6 Å². The van der Waals surface area contributed by atoms with Crippen LogP contribution >= 0.6 is 15.9 Å². The molecule has 6 heteroatoms. The van der Waals surface area contributed by atoms with Gasteiger partial charge in [0.25, 0.3) is 0 Å². The molecule has 0 spiro atoms. The Morgan fingerprint density at radius 3 is 2.93 bits per heavy atom. The predicted molar refractivity (Wildman–Crippen MR) is 61.3 cm³/mol. The molecule has 0 fully saturated rings. The lowest BCUT2D eigenvalue weighted by Gasteiger charge is -2.07. The SMILES string of the molecule is CCOCCOc1nc(NC)ncc1Br. The van der Waals surface area contributed by atoms with Crippen molar-refractivity contribution in [1.82, 2.24) is 9.97 Å². The highest BCUT2D eigenvalue weighted by Crippen LogP contribution is 2.22. The smallest absolute Gasteiger partial charge is 0.232 e. The second kappa shape index (κ2) is 6.58. The van der Waals surface area contributed by atoms with Crippen LogP contribution in [0.1, 0.15) is 6.92 Å². The number of hydrogen-bond acceptors (Lipinski definition) is 5. The van der Waals surface area contributed by atoms with Crippen LogP contribution in [-0.4, -0.2) is 36.8 Å². The van der Waals surface area contributed by atoms with Gasteiger partial charge in [-0.15, -0.1) is 0 Å². The molecule has 0 aliphatic heterocycles. The average Bonchev–Trinajstić information content (AvgIpc) is 2.26. The summed E-state index contributed by atoms with van der Waals surface area (Å²) in [5.41, 5.74) is 0. The summed E-state index contributed by atoms with van der Waals surface area (Å²) < 4.78 is 11.3. The van der Waals surface area contributed by atoms with Crippen LogP contribution in [0, 0.1) is 0 Å². The minimum absolute atomic E-state index is 0.479. The molecule has 0 saturated heterocycles. The van der Waals surface area contributed by atoms with E-state index in [2.05, 4.69) is 31.2 Å². The summed E-state index contributed by atoms with van der Waals surface area (Å²) >= 11 is 3.31. The van der Waals surface area contributed by atoms with Crippen molar-refractivity contribution in [2.75, 3.05) is 32.2 Å². The highest BCUT2D eigenvalue weighted by Gasteiger charge is 2.04. The van der Waals surface area contributed by atoms with Crippen molar-refractivity contribution in [3.05, 3.63) is 10.7 Å². The Morgan fingerprint density at radius 1 is 1.47 bits per heavy atom. The van der Waals surface area contributed by atoms with Crippen molar-refractivity contribution >= 4 is 21.9 Å². The molecule has 1 heterocycles. The first-order valence-corrected chi connectivity index (χ1v) is 5.48. The van der Waals surface area contributed by atoms with E-state index < -0.39 is 0 Å². The number of halogens is 1. The maximum absolute atomic E-state index is 5.42. The van der Waals surface area contributed by atoms with Crippen LogP contribution in [0.4, 0.5) is 5.95 Å². The molecular weight excluding hydrogens is 262 g/mol. The van der Waals surface area contributed by atoms with Crippen LogP contribution in [0.2, 0.25) is 0 Å². The Hall–Kier alpha value is -0.880. The molecule has 1 aromatic heterocycles. The van der Waals surface area contributed by atoms with Gasteiger partial charge >= 0.3 is 0 Å². The van der Waals surface area contributed by atoms with E-state index in [1.54, 1.807) is 13.2 Å². The highest BCUT2D eigenvalue weighted by atomic mass is 79.9. The first kappa shape index (κ1) is 12.2. The van der Waals surface area contributed by atoms with Gasteiger partial charge in [-0.1, -0.05) is 0 Å². The Bertz CT molecular complexity index is 309. The summed E-state index contributed by atoms with van der Waals surface area (Å²) in [4.78, 5) is 8.16. The monoisotopic (exact) mass is 275 g/mol. The molecule has 1 aromatic rings. The van der Waals surface area contributed by atoms with E-state index in [9.17, 15) is 0 Å². The largest absolute Gasteiger partial charge is 0.474 e. The van der Waals surface area contributed by atoms with Gasteiger partial charge < -0.3 is 14.8 Å². The standard InChI is InChI=1S/C9H14BrN3O2/c1-3-14-4-5-15-8-7(10)6-12-9(11-2)13-8/h6H,3-5H2,1-2H3,(H,11,12,13). The third-order valence-electron chi connectivity index (χ3n) is 1.61. The summed E-state index contributed by atoms with van der Waals surface area (Å²) in [5, 5.41) is 2.84. The zero-order valence-corrected chi connectivity index (χ0v) is 10.4. The van der Waals surface area contributed by atoms with Gasteiger partial charge in [0.15, 0.2) is 0 Å². The molecule has 0 saturated carbocycles. The Kier molecular flexibility index (Phi) is 5.34. The van der Waals surface area contributed by atoms with Gasteiger partial charge in [0.1, 0.15) is 6.61 Å².